The molecule has 0 aromatic heterocycles. The van der Waals surface area contributed by atoms with Crippen molar-refractivity contribution in [2.45, 2.75) is 166 Å². The van der Waals surface area contributed by atoms with E-state index in [2.05, 4.69) is 109 Å². The predicted molar refractivity (Wildman–Crippen MR) is 446 cm³/mol. The van der Waals surface area contributed by atoms with E-state index in [1.54, 1.807) is 34.6 Å². The normalized spacial score (nSPS) is 9.20. The van der Waals surface area contributed by atoms with E-state index in [4.69, 9.17) is 14.2 Å². The Morgan fingerprint density at radius 1 is 0.195 bits per heavy atom. The lowest BCUT2D eigenvalue weighted by Crippen LogP contribution is -2.31. The third-order valence-electron chi connectivity index (χ3n) is 10.6. The summed E-state index contributed by atoms with van der Waals surface area (Å²) in [5.74, 6) is -12.2. The fourth-order valence-corrected chi connectivity index (χ4v) is 4.56. The Balaban J connectivity index is -0.000000107. The first-order valence-corrected chi connectivity index (χ1v) is 38.4. The Morgan fingerprint density at radius 2 is 0.353 bits per heavy atom. The van der Waals surface area contributed by atoms with Gasteiger partial charge in [0.15, 0.2) is 72.7 Å². The lowest BCUT2D eigenvalue weighted by atomic mass is 9.95. The van der Waals surface area contributed by atoms with Gasteiger partial charge in [0.05, 0.1) is 101 Å². The van der Waals surface area contributed by atoms with Crippen LogP contribution in [0.1, 0.15) is 166 Å². The second kappa shape index (κ2) is 102. The monoisotopic (exact) mass is 1940 g/mol. The van der Waals surface area contributed by atoms with Crippen LogP contribution in [0.5, 0.6) is 0 Å². The van der Waals surface area contributed by atoms with Gasteiger partial charge in [0, 0.05) is 90.0 Å². The van der Waals surface area contributed by atoms with Crippen LogP contribution < -0.4 is 0 Å². The van der Waals surface area contributed by atoms with Gasteiger partial charge in [-0.05, 0) is 52.4 Å². The molecule has 52 nitrogen and oxygen atoms in total. The molecule has 0 radical (unpaired) electrons. The molecule has 0 bridgehead atoms. The molecule has 52 heteroatoms. The molecule has 0 N–H and O–H groups in total. The Hall–Kier alpha value is -13.8. The van der Waals surface area contributed by atoms with E-state index >= 15 is 0 Å². The summed E-state index contributed by atoms with van der Waals surface area (Å²) < 4.78 is 114. The van der Waals surface area contributed by atoms with Gasteiger partial charge < -0.3 is 123 Å². The average molecular weight is 1940 g/mol. The molecule has 1 atom stereocenters. The molecule has 0 heterocycles. The van der Waals surface area contributed by atoms with E-state index in [1.807, 2.05) is 41.5 Å². The summed E-state index contributed by atoms with van der Waals surface area (Å²) in [4.78, 5) is 268. The number of carbonyl (C=O) groups is 26. The van der Waals surface area contributed by atoms with Gasteiger partial charge in [-0.3, -0.25) is 71.9 Å². The first-order chi connectivity index (χ1) is 61.3. The molecule has 0 aromatic rings. The van der Waals surface area contributed by atoms with Crippen molar-refractivity contribution >= 4 is 155 Å². The second-order valence-corrected chi connectivity index (χ2v) is 25.3. The van der Waals surface area contributed by atoms with Gasteiger partial charge in [0.25, 0.3) is 0 Å². The average Bonchev–Trinajstić information content (AvgIpc) is 0.888. The minimum atomic E-state index is -0.763. The summed E-state index contributed by atoms with van der Waals surface area (Å²) in [6.45, 7) is 34.6. The minimum Gasteiger partial charge on any atom is -0.469 e. The van der Waals surface area contributed by atoms with Gasteiger partial charge >= 0.3 is 155 Å². The number of hydrogen-bond acceptors (Lipinski definition) is 52. The number of methoxy groups -OCH3 is 8. The van der Waals surface area contributed by atoms with Crippen molar-refractivity contribution in [3.8, 4) is 0 Å². The highest BCUT2D eigenvalue weighted by molar-refractivity contribution is 5.81. The number of ether oxygens (including phenoxy) is 26. The zero-order chi connectivity index (χ0) is 107. The molecule has 0 aliphatic carbocycles. The summed E-state index contributed by atoms with van der Waals surface area (Å²) in [6, 6.07) is 0. The second-order valence-electron chi connectivity index (χ2n) is 25.3. The largest absolute Gasteiger partial charge is 0.469 e. The molecule has 1 unspecified atom stereocenters. The highest BCUT2D eigenvalue weighted by Crippen LogP contribution is 2.17. The summed E-state index contributed by atoms with van der Waals surface area (Å²) in [6.07, 6.45) is 0. The maximum Gasteiger partial charge on any atom is 0.344 e. The van der Waals surface area contributed by atoms with Crippen LogP contribution in [0.15, 0.2) is 0 Å². The van der Waals surface area contributed by atoms with E-state index < -0.39 is 143 Å². The van der Waals surface area contributed by atoms with Crippen molar-refractivity contribution in [2.75, 3.05) is 176 Å². The molecule has 0 aliphatic heterocycles. The van der Waals surface area contributed by atoms with E-state index in [0.717, 1.165) is 0 Å². The van der Waals surface area contributed by atoms with Crippen LogP contribution in [0, 0.1) is 29.1 Å². The van der Waals surface area contributed by atoms with Crippen molar-refractivity contribution in [3.63, 3.8) is 0 Å². The van der Waals surface area contributed by atoms with Gasteiger partial charge in [0.1, 0.15) is 13.2 Å². The molecule has 0 saturated heterocycles. The topological polar surface area (TPSA) is 684 Å². The number of hydrogen-bond donors (Lipinski definition) is 0. The van der Waals surface area contributed by atoms with Crippen LogP contribution >= 0.6 is 0 Å². The van der Waals surface area contributed by atoms with Crippen LogP contribution in [-0.4, -0.2) is 331 Å². The first kappa shape index (κ1) is 148. The Kier molecular flexibility index (Phi) is 113. The molecular formula is C81H136O52. The molecular weight excluding hydrogens is 1800 g/mol. The van der Waals surface area contributed by atoms with Crippen LogP contribution in [-0.2, 0) is 248 Å². The van der Waals surface area contributed by atoms with Crippen molar-refractivity contribution in [1.29, 1.82) is 0 Å². The predicted octanol–water partition coefficient (Wildman–Crippen LogP) is 1.91. The molecule has 0 rings (SSSR count). The molecule has 0 saturated carbocycles. The van der Waals surface area contributed by atoms with Crippen molar-refractivity contribution in [3.05, 3.63) is 0 Å². The summed E-state index contributed by atoms with van der Waals surface area (Å²) in [7, 11) is 9.97. The molecule has 0 spiro atoms. The quantitative estimate of drug-likeness (QED) is 0.0638. The summed E-state index contributed by atoms with van der Waals surface area (Å²) in [5, 5.41) is 0. The highest BCUT2D eigenvalue weighted by Gasteiger charge is 2.30. The lowest BCUT2D eigenvalue weighted by molar-refractivity contribution is -0.159. The van der Waals surface area contributed by atoms with E-state index in [0.29, 0.717) is 50.8 Å². The van der Waals surface area contributed by atoms with Crippen LogP contribution in [0.3, 0.4) is 0 Å². The Labute approximate surface area is 771 Å². The van der Waals surface area contributed by atoms with Gasteiger partial charge in [-0.15, -0.1) is 0 Å². The zero-order valence-electron chi connectivity index (χ0n) is 81.8. The van der Waals surface area contributed by atoms with E-state index in [-0.39, 0.29) is 110 Å². The van der Waals surface area contributed by atoms with Crippen LogP contribution in [0.25, 0.3) is 0 Å². The smallest absolute Gasteiger partial charge is 0.344 e. The van der Waals surface area contributed by atoms with Gasteiger partial charge in [0.2, 0.25) is 0 Å². The molecule has 133 heavy (non-hydrogen) atoms. The molecule has 0 fully saturated rings. The summed E-state index contributed by atoms with van der Waals surface area (Å²) >= 11 is 0. The van der Waals surface area contributed by atoms with Gasteiger partial charge in [-0.25, -0.2) is 52.7 Å². The highest BCUT2D eigenvalue weighted by atomic mass is 16.7. The van der Waals surface area contributed by atoms with E-state index in [1.165, 1.54) is 147 Å². The molecule has 772 valence electrons. The number of esters is 26. The Bertz CT molecular complexity index is 3050. The maximum atomic E-state index is 11.0. The lowest BCUT2D eigenvalue weighted by Gasteiger charge is -2.20. The fourth-order valence-electron chi connectivity index (χ4n) is 4.56. The van der Waals surface area contributed by atoms with Crippen molar-refractivity contribution in [1.82, 2.24) is 0 Å². The molecule has 0 aromatic carbocycles. The first-order valence-electron chi connectivity index (χ1n) is 38.4. The minimum absolute atomic E-state index is 0.0506. The molecule has 0 amide bonds. The third-order valence-corrected chi connectivity index (χ3v) is 10.6. The SMILES string of the molecule is CC(=O)OCC(=O)OCC(C)C.CC(=O)OCC(=O)OCC(C)C.CC(=O)OCC(=O)OCC(C)C.CCOC(=O)COC(C)=O.CCOC(=O)COC(C)=O.COC(=O)C(C)(C)COC(C)=O.COC(=O)C(C)COC(C)=O.COC(=O)COC(C)=O.COC(=O)COC(C)=O.COC(=O)COC(C)=O.COC(=O)COC(C)=O.COC(=O)COC(C)=O.COC(=O)COC(C)=O. The van der Waals surface area contributed by atoms with Crippen LogP contribution in [0.4, 0.5) is 0 Å². The Morgan fingerprint density at radius 3 is 0.481 bits per heavy atom. The van der Waals surface area contributed by atoms with Gasteiger partial charge in [-0.1, -0.05) is 41.5 Å². The number of carbonyl (C=O) groups excluding carboxylic acids is 26. The molecule has 0 aliphatic rings. The van der Waals surface area contributed by atoms with Crippen LogP contribution in [0.2, 0.25) is 0 Å². The maximum absolute atomic E-state index is 11.0. The standard InChI is InChI=1S/4C8H14O4.C7H12O4.2C6H10O4.6C5H8O4/c1-6(9)12-5-8(2,3)7(10)11-4;3*1-6(2)4-12-8(10)5-11-7(3)9;1-5(7(9)10-3)4-11-6(2)8;2*1-3-9-6(8)4-10-5(2)7;6*1-4(6)9-3-5(7)8-2/h5H2,1-4H3;3*6H,4-5H2,1-3H3;5H,4H2,1-3H3;2*3-4H2,1-2H3;6*3H2,1-2H3. The summed E-state index contributed by atoms with van der Waals surface area (Å²) in [5.41, 5.74) is -0.763. The third kappa shape index (κ3) is 162. The fraction of sp³-hybridized carbons (Fsp3) is 0.679. The van der Waals surface area contributed by atoms with Crippen molar-refractivity contribution < 1.29 is 248 Å². The van der Waals surface area contributed by atoms with Crippen molar-refractivity contribution in [2.24, 2.45) is 29.1 Å². The number of rotatable bonds is 36. The van der Waals surface area contributed by atoms with E-state index in [9.17, 15) is 125 Å². The van der Waals surface area contributed by atoms with Gasteiger partial charge in [-0.2, -0.15) is 0 Å². The zero-order valence-corrected chi connectivity index (χ0v) is 81.8.